The monoisotopic (exact) mass is 395 g/mol. The van der Waals surface area contributed by atoms with Gasteiger partial charge in [0.1, 0.15) is 5.75 Å². The van der Waals surface area contributed by atoms with Crippen LogP contribution in [0.5, 0.6) is 5.75 Å². The predicted molar refractivity (Wildman–Crippen MR) is 93.7 cm³/mol. The van der Waals surface area contributed by atoms with E-state index < -0.39 is 6.10 Å². The van der Waals surface area contributed by atoms with E-state index in [4.69, 9.17) is 4.74 Å². The first-order valence-electron chi connectivity index (χ1n) is 6.88. The standard InChI is InChI=1S/C17H18INO2/c1-3-16(21-15-10-4-12(2)5-11-15)17(20)19-14-8-6-13(18)7-9-14/h4-11,16H,3H2,1-2H3,(H,19,20). The summed E-state index contributed by atoms with van der Waals surface area (Å²) in [6.07, 6.45) is 0.122. The highest BCUT2D eigenvalue weighted by Crippen LogP contribution is 2.16. The van der Waals surface area contributed by atoms with Gasteiger partial charge in [-0.05, 0) is 72.3 Å². The second-order valence-electron chi connectivity index (χ2n) is 4.82. The number of anilines is 1. The summed E-state index contributed by atoms with van der Waals surface area (Å²) < 4.78 is 6.90. The second-order valence-corrected chi connectivity index (χ2v) is 6.07. The van der Waals surface area contributed by atoms with Crippen molar-refractivity contribution in [3.05, 3.63) is 57.7 Å². The molecule has 21 heavy (non-hydrogen) atoms. The zero-order chi connectivity index (χ0) is 15.2. The van der Waals surface area contributed by atoms with Crippen LogP contribution >= 0.6 is 22.6 Å². The molecule has 0 saturated carbocycles. The van der Waals surface area contributed by atoms with E-state index in [-0.39, 0.29) is 5.91 Å². The maximum atomic E-state index is 12.3. The lowest BCUT2D eigenvalue weighted by Gasteiger charge is -2.17. The number of aryl methyl sites for hydroxylation is 1. The van der Waals surface area contributed by atoms with Crippen LogP contribution in [-0.4, -0.2) is 12.0 Å². The molecule has 2 aromatic rings. The summed E-state index contributed by atoms with van der Waals surface area (Å²) in [6.45, 7) is 3.96. The van der Waals surface area contributed by atoms with Gasteiger partial charge in [0.15, 0.2) is 6.10 Å². The molecule has 0 aliphatic rings. The molecule has 0 aliphatic heterocycles. The molecular formula is C17H18INO2. The van der Waals surface area contributed by atoms with Crippen LogP contribution in [0.15, 0.2) is 48.5 Å². The Labute approximate surface area is 138 Å². The average Bonchev–Trinajstić information content (AvgIpc) is 2.49. The van der Waals surface area contributed by atoms with Crippen molar-refractivity contribution in [2.75, 3.05) is 5.32 Å². The topological polar surface area (TPSA) is 38.3 Å². The zero-order valence-electron chi connectivity index (χ0n) is 12.1. The molecule has 2 aromatic carbocycles. The molecule has 0 aliphatic carbocycles. The predicted octanol–water partition coefficient (Wildman–Crippen LogP) is 4.40. The van der Waals surface area contributed by atoms with Crippen LogP contribution in [0, 0.1) is 10.5 Å². The minimum absolute atomic E-state index is 0.126. The maximum Gasteiger partial charge on any atom is 0.265 e. The van der Waals surface area contributed by atoms with Crippen LogP contribution in [-0.2, 0) is 4.79 Å². The van der Waals surface area contributed by atoms with E-state index >= 15 is 0 Å². The molecule has 1 atom stereocenters. The van der Waals surface area contributed by atoms with Crippen molar-refractivity contribution >= 4 is 34.2 Å². The molecule has 110 valence electrons. The minimum Gasteiger partial charge on any atom is -0.481 e. The van der Waals surface area contributed by atoms with Gasteiger partial charge in [-0.1, -0.05) is 24.6 Å². The molecule has 3 nitrogen and oxygen atoms in total. The SMILES string of the molecule is CCC(Oc1ccc(C)cc1)C(=O)Nc1ccc(I)cc1. The van der Waals surface area contributed by atoms with Gasteiger partial charge in [-0.2, -0.15) is 0 Å². The number of hydrogen-bond donors (Lipinski definition) is 1. The molecule has 2 rings (SSSR count). The third-order valence-corrected chi connectivity index (χ3v) is 3.79. The van der Waals surface area contributed by atoms with E-state index in [9.17, 15) is 4.79 Å². The number of ether oxygens (including phenoxy) is 1. The van der Waals surface area contributed by atoms with Gasteiger partial charge in [0.25, 0.3) is 5.91 Å². The van der Waals surface area contributed by atoms with Gasteiger partial charge < -0.3 is 10.1 Å². The molecule has 0 fully saturated rings. The third kappa shape index (κ3) is 4.74. The van der Waals surface area contributed by atoms with E-state index in [1.807, 2.05) is 62.4 Å². The molecule has 0 aromatic heterocycles. The van der Waals surface area contributed by atoms with Gasteiger partial charge >= 0.3 is 0 Å². The van der Waals surface area contributed by atoms with Crippen LogP contribution in [0.25, 0.3) is 0 Å². The number of carbonyl (C=O) groups excluding carboxylic acids is 1. The fourth-order valence-corrected chi connectivity index (χ4v) is 2.22. The molecular weight excluding hydrogens is 377 g/mol. The van der Waals surface area contributed by atoms with E-state index in [1.165, 1.54) is 5.56 Å². The lowest BCUT2D eigenvalue weighted by Crippen LogP contribution is -2.32. The number of hydrogen-bond acceptors (Lipinski definition) is 2. The normalized spacial score (nSPS) is 11.8. The van der Waals surface area contributed by atoms with Gasteiger partial charge in [0, 0.05) is 9.26 Å². The molecule has 0 heterocycles. The summed E-state index contributed by atoms with van der Waals surface area (Å²) >= 11 is 2.23. The molecule has 1 N–H and O–H groups in total. The molecule has 0 spiro atoms. The summed E-state index contributed by atoms with van der Waals surface area (Å²) in [4.78, 5) is 12.3. The fraction of sp³-hybridized carbons (Fsp3) is 0.235. The summed E-state index contributed by atoms with van der Waals surface area (Å²) in [5.74, 6) is 0.587. The first kappa shape index (κ1) is 15.8. The quantitative estimate of drug-likeness (QED) is 0.763. The Morgan fingerprint density at radius 2 is 1.76 bits per heavy atom. The molecule has 0 radical (unpaired) electrons. The van der Waals surface area contributed by atoms with E-state index in [0.717, 1.165) is 9.26 Å². The van der Waals surface area contributed by atoms with Gasteiger partial charge in [-0.15, -0.1) is 0 Å². The minimum atomic E-state index is -0.494. The summed E-state index contributed by atoms with van der Waals surface area (Å²) in [7, 11) is 0. The van der Waals surface area contributed by atoms with Gasteiger partial charge in [-0.3, -0.25) is 4.79 Å². The Morgan fingerprint density at radius 1 is 1.14 bits per heavy atom. The largest absolute Gasteiger partial charge is 0.481 e. The van der Waals surface area contributed by atoms with Crippen LogP contribution in [0.2, 0.25) is 0 Å². The highest BCUT2D eigenvalue weighted by atomic mass is 127. The van der Waals surface area contributed by atoms with Crippen molar-refractivity contribution in [1.82, 2.24) is 0 Å². The van der Waals surface area contributed by atoms with Gasteiger partial charge in [0.05, 0.1) is 0 Å². The Hall–Kier alpha value is -1.56. The highest BCUT2D eigenvalue weighted by molar-refractivity contribution is 14.1. The highest BCUT2D eigenvalue weighted by Gasteiger charge is 2.18. The number of carbonyl (C=O) groups is 1. The first-order chi connectivity index (χ1) is 10.1. The van der Waals surface area contributed by atoms with Crippen LogP contribution in [0.4, 0.5) is 5.69 Å². The van der Waals surface area contributed by atoms with Crippen LogP contribution < -0.4 is 10.1 Å². The second kappa shape index (κ2) is 7.45. The third-order valence-electron chi connectivity index (χ3n) is 3.07. The van der Waals surface area contributed by atoms with Crippen LogP contribution in [0.3, 0.4) is 0 Å². The van der Waals surface area contributed by atoms with Crippen LogP contribution in [0.1, 0.15) is 18.9 Å². The molecule has 0 saturated heterocycles. The van der Waals surface area contributed by atoms with Gasteiger partial charge in [0.2, 0.25) is 0 Å². The summed E-state index contributed by atoms with van der Waals surface area (Å²) in [6, 6.07) is 15.4. The Balaban J connectivity index is 2.01. The number of halogens is 1. The fourth-order valence-electron chi connectivity index (χ4n) is 1.86. The van der Waals surface area contributed by atoms with Crippen molar-refractivity contribution in [2.24, 2.45) is 0 Å². The molecule has 1 amide bonds. The van der Waals surface area contributed by atoms with E-state index in [1.54, 1.807) is 0 Å². The summed E-state index contributed by atoms with van der Waals surface area (Å²) in [5.41, 5.74) is 1.95. The molecule has 4 heteroatoms. The number of rotatable bonds is 5. The maximum absolute atomic E-state index is 12.3. The zero-order valence-corrected chi connectivity index (χ0v) is 14.3. The summed E-state index contributed by atoms with van der Waals surface area (Å²) in [5, 5.41) is 2.88. The number of nitrogens with one attached hydrogen (secondary N) is 1. The van der Waals surface area contributed by atoms with Crippen molar-refractivity contribution in [2.45, 2.75) is 26.4 Å². The van der Waals surface area contributed by atoms with Gasteiger partial charge in [-0.25, -0.2) is 0 Å². The number of benzene rings is 2. The lowest BCUT2D eigenvalue weighted by atomic mass is 10.2. The Bertz CT molecular complexity index is 593. The number of amides is 1. The van der Waals surface area contributed by atoms with Crippen molar-refractivity contribution < 1.29 is 9.53 Å². The van der Waals surface area contributed by atoms with Crippen molar-refractivity contribution in [1.29, 1.82) is 0 Å². The smallest absolute Gasteiger partial charge is 0.265 e. The average molecular weight is 395 g/mol. The first-order valence-corrected chi connectivity index (χ1v) is 7.96. The Morgan fingerprint density at radius 3 is 2.33 bits per heavy atom. The molecule has 1 unspecified atom stereocenters. The molecule has 0 bridgehead atoms. The van der Waals surface area contributed by atoms with Crippen molar-refractivity contribution in [3.63, 3.8) is 0 Å². The van der Waals surface area contributed by atoms with Crippen molar-refractivity contribution in [3.8, 4) is 5.75 Å². The van der Waals surface area contributed by atoms with E-state index in [2.05, 4.69) is 27.9 Å². The van der Waals surface area contributed by atoms with E-state index in [0.29, 0.717) is 12.2 Å². The Kier molecular flexibility index (Phi) is 5.61. The lowest BCUT2D eigenvalue weighted by molar-refractivity contribution is -0.122.